The van der Waals surface area contributed by atoms with Crippen molar-refractivity contribution in [1.29, 1.82) is 0 Å². The van der Waals surface area contributed by atoms with E-state index in [1.54, 1.807) is 17.2 Å². The first-order valence-corrected chi connectivity index (χ1v) is 9.11. The molecule has 0 unspecified atom stereocenters. The highest BCUT2D eigenvalue weighted by molar-refractivity contribution is 7.92. The zero-order chi connectivity index (χ0) is 16.1. The molecule has 0 aromatic carbocycles. The fraction of sp³-hybridized carbons (Fsp3) is 0.600. The molecule has 3 heterocycles. The molecule has 6 nitrogen and oxygen atoms in total. The third-order valence-electron chi connectivity index (χ3n) is 4.83. The van der Waals surface area contributed by atoms with Crippen LogP contribution in [0.2, 0.25) is 0 Å². The first-order valence-electron chi connectivity index (χ1n) is 7.40. The van der Waals surface area contributed by atoms with Crippen LogP contribution in [0.15, 0.2) is 18.3 Å². The lowest BCUT2D eigenvalue weighted by Crippen LogP contribution is -2.39. The maximum absolute atomic E-state index is 12.6. The fourth-order valence-corrected chi connectivity index (χ4v) is 6.07. The lowest BCUT2D eigenvalue weighted by Gasteiger charge is -2.25. The second-order valence-corrected chi connectivity index (χ2v) is 8.71. The molecule has 120 valence electrons. The summed E-state index contributed by atoms with van der Waals surface area (Å²) in [6.45, 7) is 2.62. The largest absolute Gasteiger partial charge is 0.336 e. The average molecular weight is 323 g/mol. The van der Waals surface area contributed by atoms with Crippen LogP contribution < -0.4 is 0 Å². The quantitative estimate of drug-likeness (QED) is 0.777. The van der Waals surface area contributed by atoms with Gasteiger partial charge in [0.1, 0.15) is 5.69 Å². The maximum atomic E-state index is 12.6. The summed E-state index contributed by atoms with van der Waals surface area (Å²) in [6, 6.07) is 3.62. The minimum Gasteiger partial charge on any atom is -0.336 e. The first-order chi connectivity index (χ1) is 10.3. The summed E-state index contributed by atoms with van der Waals surface area (Å²) in [4.78, 5) is 20.4. The zero-order valence-corrected chi connectivity index (χ0v) is 13.9. The highest BCUT2D eigenvalue weighted by Gasteiger charge is 2.53. The van der Waals surface area contributed by atoms with Gasteiger partial charge < -0.3 is 9.80 Å². The van der Waals surface area contributed by atoms with Gasteiger partial charge in [0.15, 0.2) is 9.84 Å². The molecular formula is C15H21N3O3S. The van der Waals surface area contributed by atoms with Crippen LogP contribution in [0.5, 0.6) is 0 Å². The Morgan fingerprint density at radius 2 is 2.09 bits per heavy atom. The number of likely N-dealkylation sites (tertiary alicyclic amines) is 1. The van der Waals surface area contributed by atoms with Gasteiger partial charge in [-0.3, -0.25) is 9.78 Å². The molecule has 2 fully saturated rings. The van der Waals surface area contributed by atoms with E-state index in [1.807, 2.05) is 32.0 Å². The molecule has 1 aromatic heterocycles. The summed E-state index contributed by atoms with van der Waals surface area (Å²) in [5.41, 5.74) is 1.23. The number of sulfone groups is 1. The van der Waals surface area contributed by atoms with E-state index in [-0.39, 0.29) is 30.2 Å². The van der Waals surface area contributed by atoms with Gasteiger partial charge in [-0.2, -0.15) is 0 Å². The van der Waals surface area contributed by atoms with Crippen molar-refractivity contribution in [3.63, 3.8) is 0 Å². The molecular weight excluding hydrogens is 302 g/mol. The van der Waals surface area contributed by atoms with Crippen LogP contribution in [-0.4, -0.2) is 73.3 Å². The minimum atomic E-state index is -3.13. The predicted octanol–water partition coefficient (Wildman–Crippen LogP) is 0.189. The molecule has 0 bridgehead atoms. The summed E-state index contributed by atoms with van der Waals surface area (Å²) in [5.74, 6) is 0.0214. The first kappa shape index (κ1) is 15.4. The van der Waals surface area contributed by atoms with E-state index in [0.29, 0.717) is 12.2 Å². The van der Waals surface area contributed by atoms with Gasteiger partial charge in [0.25, 0.3) is 5.91 Å². The van der Waals surface area contributed by atoms with Crippen molar-refractivity contribution in [3.8, 4) is 0 Å². The molecule has 1 amide bonds. The predicted molar refractivity (Wildman–Crippen MR) is 83.4 cm³/mol. The minimum absolute atomic E-state index is 0.00651. The van der Waals surface area contributed by atoms with Gasteiger partial charge in [-0.15, -0.1) is 0 Å². The third-order valence-corrected chi connectivity index (χ3v) is 7.06. The van der Waals surface area contributed by atoms with Gasteiger partial charge in [0.2, 0.25) is 0 Å². The van der Waals surface area contributed by atoms with Crippen molar-refractivity contribution < 1.29 is 13.2 Å². The monoisotopic (exact) mass is 323 g/mol. The second-order valence-electron chi connectivity index (χ2n) is 6.44. The molecule has 1 aromatic rings. The summed E-state index contributed by atoms with van der Waals surface area (Å²) in [7, 11) is 0.665. The van der Waals surface area contributed by atoms with Crippen LogP contribution in [0, 0.1) is 12.8 Å². The van der Waals surface area contributed by atoms with Crippen molar-refractivity contribution in [2.75, 3.05) is 32.9 Å². The van der Waals surface area contributed by atoms with Crippen LogP contribution in [0.25, 0.3) is 0 Å². The zero-order valence-electron chi connectivity index (χ0n) is 13.1. The maximum Gasteiger partial charge on any atom is 0.272 e. The van der Waals surface area contributed by atoms with Crippen LogP contribution in [0.1, 0.15) is 16.1 Å². The number of aromatic nitrogens is 1. The number of pyridine rings is 1. The molecule has 2 aliphatic heterocycles. The molecule has 0 N–H and O–H groups in total. The van der Waals surface area contributed by atoms with Gasteiger partial charge in [0.05, 0.1) is 11.0 Å². The highest BCUT2D eigenvalue weighted by Crippen LogP contribution is 2.36. The number of nitrogens with zero attached hydrogens (tertiary/aromatic N) is 3. The SMILES string of the molecule is Cc1cccnc1C(=O)N1C[C@H]2[C@H](N(C)C)CS(=O)(=O)[C@H]2C1. The van der Waals surface area contributed by atoms with E-state index >= 15 is 0 Å². The summed E-state index contributed by atoms with van der Waals surface area (Å²) in [6.07, 6.45) is 1.59. The topological polar surface area (TPSA) is 70.6 Å². The van der Waals surface area contributed by atoms with E-state index in [9.17, 15) is 13.2 Å². The van der Waals surface area contributed by atoms with Crippen molar-refractivity contribution in [1.82, 2.24) is 14.8 Å². The number of aryl methyl sites for hydroxylation is 1. The Bertz CT molecular complexity index is 702. The number of carbonyl (C=O) groups excluding carboxylic acids is 1. The summed E-state index contributed by atoms with van der Waals surface area (Å²) < 4.78 is 24.7. The molecule has 22 heavy (non-hydrogen) atoms. The number of rotatable bonds is 2. The van der Waals surface area contributed by atoms with Crippen molar-refractivity contribution in [3.05, 3.63) is 29.6 Å². The molecule has 0 aliphatic carbocycles. The van der Waals surface area contributed by atoms with E-state index < -0.39 is 15.1 Å². The molecule has 2 saturated heterocycles. The lowest BCUT2D eigenvalue weighted by atomic mass is 10.00. The summed E-state index contributed by atoms with van der Waals surface area (Å²) >= 11 is 0. The van der Waals surface area contributed by atoms with Gasteiger partial charge in [-0.05, 0) is 32.6 Å². The smallest absolute Gasteiger partial charge is 0.272 e. The van der Waals surface area contributed by atoms with Gasteiger partial charge in [-0.1, -0.05) is 6.07 Å². The molecule has 0 saturated carbocycles. The van der Waals surface area contributed by atoms with Gasteiger partial charge in [-0.25, -0.2) is 8.42 Å². The Morgan fingerprint density at radius 1 is 1.36 bits per heavy atom. The summed E-state index contributed by atoms with van der Waals surface area (Å²) in [5, 5.41) is -0.437. The Labute approximate surface area is 131 Å². The van der Waals surface area contributed by atoms with Crippen LogP contribution in [0.3, 0.4) is 0 Å². The molecule has 2 aliphatic rings. The number of fused-ring (bicyclic) bond motifs is 1. The van der Waals surface area contributed by atoms with Crippen LogP contribution in [0.4, 0.5) is 0 Å². The standard InChI is InChI=1S/C15H21N3O3S/c1-10-5-4-6-16-14(10)15(19)18-7-11-12(17(2)3)9-22(20,21)13(11)8-18/h4-6,11-13H,7-9H2,1-3H3/t11-,12+,13-/m0/s1. The van der Waals surface area contributed by atoms with Gasteiger partial charge >= 0.3 is 0 Å². The normalized spacial score (nSPS) is 29.8. The molecule has 3 rings (SSSR count). The Hall–Kier alpha value is -1.47. The van der Waals surface area contributed by atoms with E-state index in [4.69, 9.17) is 0 Å². The highest BCUT2D eigenvalue weighted by atomic mass is 32.2. The Balaban J connectivity index is 1.86. The lowest BCUT2D eigenvalue weighted by molar-refractivity contribution is 0.0773. The number of hydrogen-bond donors (Lipinski definition) is 0. The molecule has 0 spiro atoms. The number of carbonyl (C=O) groups is 1. The van der Waals surface area contributed by atoms with Crippen LogP contribution >= 0.6 is 0 Å². The van der Waals surface area contributed by atoms with E-state index in [2.05, 4.69) is 4.98 Å². The number of amides is 1. The second kappa shape index (κ2) is 5.31. The third kappa shape index (κ3) is 2.42. The van der Waals surface area contributed by atoms with Gasteiger partial charge in [0, 0.05) is 31.2 Å². The molecule has 7 heteroatoms. The fourth-order valence-electron chi connectivity index (χ4n) is 3.59. The molecule has 0 radical (unpaired) electrons. The van der Waals surface area contributed by atoms with Crippen molar-refractivity contribution >= 4 is 15.7 Å². The average Bonchev–Trinajstić information content (AvgIpc) is 2.98. The Kier molecular flexibility index (Phi) is 3.72. The van der Waals surface area contributed by atoms with Crippen LogP contribution in [-0.2, 0) is 9.84 Å². The van der Waals surface area contributed by atoms with E-state index in [1.165, 1.54) is 0 Å². The number of hydrogen-bond acceptors (Lipinski definition) is 5. The Morgan fingerprint density at radius 3 is 2.73 bits per heavy atom. The van der Waals surface area contributed by atoms with E-state index in [0.717, 1.165) is 5.56 Å². The van der Waals surface area contributed by atoms with Crippen molar-refractivity contribution in [2.24, 2.45) is 5.92 Å². The molecule has 3 atom stereocenters. The van der Waals surface area contributed by atoms with Crippen molar-refractivity contribution in [2.45, 2.75) is 18.2 Å².